The van der Waals surface area contributed by atoms with E-state index in [9.17, 15) is 4.79 Å². The summed E-state index contributed by atoms with van der Waals surface area (Å²) in [6, 6.07) is 23.1. The third-order valence-electron chi connectivity index (χ3n) is 5.06. The van der Waals surface area contributed by atoms with Gasteiger partial charge in [0, 0.05) is 19.3 Å². The predicted octanol–water partition coefficient (Wildman–Crippen LogP) is 4.78. The highest BCUT2D eigenvalue weighted by atomic mass is 16.5. The molecular formula is C26H26N2O4. The number of ether oxygens (including phenoxy) is 3. The van der Waals surface area contributed by atoms with Gasteiger partial charge in [0.15, 0.2) is 6.61 Å². The molecule has 0 radical (unpaired) electrons. The zero-order chi connectivity index (χ0) is 22.2. The van der Waals surface area contributed by atoms with Crippen molar-refractivity contribution in [1.82, 2.24) is 4.90 Å². The summed E-state index contributed by atoms with van der Waals surface area (Å²) in [7, 11) is 0. The second-order valence-electron chi connectivity index (χ2n) is 7.52. The summed E-state index contributed by atoms with van der Waals surface area (Å²) in [4.78, 5) is 18.4. The first-order valence-corrected chi connectivity index (χ1v) is 10.6. The van der Waals surface area contributed by atoms with Gasteiger partial charge in [-0.25, -0.2) is 0 Å². The number of hydrogen-bond donors (Lipinski definition) is 0. The van der Waals surface area contributed by atoms with Gasteiger partial charge in [0.05, 0.1) is 18.9 Å². The number of carbonyl (C=O) groups excluding carboxylic acids is 1. The van der Waals surface area contributed by atoms with Crippen LogP contribution in [-0.4, -0.2) is 49.9 Å². The molecule has 3 aromatic rings. The molecule has 1 aliphatic heterocycles. The van der Waals surface area contributed by atoms with Crippen molar-refractivity contribution < 1.29 is 19.0 Å². The Labute approximate surface area is 188 Å². The van der Waals surface area contributed by atoms with Gasteiger partial charge in [-0.05, 0) is 73.2 Å². The average Bonchev–Trinajstić information content (AvgIpc) is 2.85. The second kappa shape index (κ2) is 10.6. The van der Waals surface area contributed by atoms with Crippen LogP contribution >= 0.6 is 0 Å². The number of carbonyl (C=O) groups is 1. The van der Waals surface area contributed by atoms with Gasteiger partial charge in [0.25, 0.3) is 5.91 Å². The second-order valence-corrected chi connectivity index (χ2v) is 7.52. The topological polar surface area (TPSA) is 60.4 Å². The summed E-state index contributed by atoms with van der Waals surface area (Å²) < 4.78 is 16.7. The number of amides is 1. The fraction of sp³-hybridized carbons (Fsp3) is 0.231. The number of aryl methyl sites for hydroxylation is 1. The van der Waals surface area contributed by atoms with E-state index in [0.29, 0.717) is 32.1 Å². The first-order valence-electron chi connectivity index (χ1n) is 10.6. The van der Waals surface area contributed by atoms with Crippen LogP contribution in [0.25, 0.3) is 0 Å². The maximum absolute atomic E-state index is 12.2. The molecule has 0 unspecified atom stereocenters. The first-order chi connectivity index (χ1) is 15.7. The van der Waals surface area contributed by atoms with Crippen LogP contribution in [0.3, 0.4) is 0 Å². The fourth-order valence-electron chi connectivity index (χ4n) is 3.19. The number of nitrogens with zero attached hydrogens (tertiary/aromatic N) is 2. The highest BCUT2D eigenvalue weighted by Crippen LogP contribution is 2.24. The molecule has 0 bridgehead atoms. The monoisotopic (exact) mass is 430 g/mol. The molecule has 1 aliphatic rings. The minimum Gasteiger partial charge on any atom is -0.484 e. The number of aliphatic imine (C=N–C) groups is 1. The lowest BCUT2D eigenvalue weighted by Crippen LogP contribution is -2.42. The van der Waals surface area contributed by atoms with Crippen molar-refractivity contribution in [3.05, 3.63) is 83.9 Å². The van der Waals surface area contributed by atoms with Crippen molar-refractivity contribution in [3.63, 3.8) is 0 Å². The molecule has 0 N–H and O–H groups in total. The van der Waals surface area contributed by atoms with Gasteiger partial charge in [0.2, 0.25) is 0 Å². The molecule has 0 spiro atoms. The Bertz CT molecular complexity index is 1040. The molecule has 0 aromatic heterocycles. The molecule has 0 atom stereocenters. The molecule has 6 heteroatoms. The van der Waals surface area contributed by atoms with E-state index in [-0.39, 0.29) is 12.5 Å². The van der Waals surface area contributed by atoms with Crippen LogP contribution in [0.5, 0.6) is 17.2 Å². The van der Waals surface area contributed by atoms with Crippen LogP contribution < -0.4 is 9.47 Å². The van der Waals surface area contributed by atoms with Gasteiger partial charge >= 0.3 is 0 Å². The summed E-state index contributed by atoms with van der Waals surface area (Å²) in [6.07, 6.45) is 1.79. The highest BCUT2D eigenvalue weighted by molar-refractivity contribution is 5.82. The van der Waals surface area contributed by atoms with E-state index in [0.717, 1.165) is 22.7 Å². The molecular weight excluding hydrogens is 404 g/mol. The Kier molecular flexibility index (Phi) is 7.15. The third kappa shape index (κ3) is 6.18. The van der Waals surface area contributed by atoms with Crippen molar-refractivity contribution in [1.29, 1.82) is 0 Å². The van der Waals surface area contributed by atoms with Gasteiger partial charge in [-0.15, -0.1) is 0 Å². The molecule has 0 saturated carbocycles. The lowest BCUT2D eigenvalue weighted by atomic mass is 10.2. The van der Waals surface area contributed by atoms with Crippen LogP contribution in [0, 0.1) is 6.92 Å². The van der Waals surface area contributed by atoms with Crippen LogP contribution in [0.1, 0.15) is 11.1 Å². The van der Waals surface area contributed by atoms with E-state index in [1.807, 2.05) is 79.7 Å². The van der Waals surface area contributed by atoms with Crippen LogP contribution in [-0.2, 0) is 9.53 Å². The average molecular weight is 431 g/mol. The Hall–Kier alpha value is -3.64. The van der Waals surface area contributed by atoms with Crippen molar-refractivity contribution in [3.8, 4) is 17.2 Å². The van der Waals surface area contributed by atoms with E-state index >= 15 is 0 Å². The normalized spacial score (nSPS) is 13.8. The molecule has 4 rings (SSSR count). The van der Waals surface area contributed by atoms with Crippen LogP contribution in [0.4, 0.5) is 5.69 Å². The number of benzene rings is 3. The summed E-state index contributed by atoms with van der Waals surface area (Å²) in [5.74, 6) is 2.21. The fourth-order valence-corrected chi connectivity index (χ4v) is 3.19. The number of morpholine rings is 1. The summed E-state index contributed by atoms with van der Waals surface area (Å²) in [5, 5.41) is 0. The quantitative estimate of drug-likeness (QED) is 0.507. The van der Waals surface area contributed by atoms with Gasteiger partial charge < -0.3 is 19.1 Å². The molecule has 1 saturated heterocycles. The molecule has 1 heterocycles. The Balaban J connectivity index is 1.27. The smallest absolute Gasteiger partial charge is 0.260 e. The third-order valence-corrected chi connectivity index (χ3v) is 5.06. The first kappa shape index (κ1) is 21.6. The molecule has 0 aliphatic carbocycles. The minimum atomic E-state index is -0.0197. The lowest BCUT2D eigenvalue weighted by Gasteiger charge is -2.26. The number of rotatable bonds is 7. The van der Waals surface area contributed by atoms with Gasteiger partial charge in [0.1, 0.15) is 17.2 Å². The van der Waals surface area contributed by atoms with E-state index < -0.39 is 0 Å². The zero-order valence-corrected chi connectivity index (χ0v) is 18.1. The Morgan fingerprint density at radius 2 is 1.50 bits per heavy atom. The maximum Gasteiger partial charge on any atom is 0.260 e. The van der Waals surface area contributed by atoms with Gasteiger partial charge in [-0.3, -0.25) is 9.79 Å². The lowest BCUT2D eigenvalue weighted by molar-refractivity contribution is -0.137. The standard InChI is InChI=1S/C26H26N2O4/c1-20-2-8-24(9-3-20)32-25-12-6-22(7-13-25)27-18-21-4-10-23(11-5-21)31-19-26(29)28-14-16-30-17-15-28/h2-13,18H,14-17,19H2,1H3. The number of hydrogen-bond acceptors (Lipinski definition) is 5. The molecule has 1 fully saturated rings. The van der Waals surface area contributed by atoms with Crippen molar-refractivity contribution in [2.75, 3.05) is 32.9 Å². The molecule has 6 nitrogen and oxygen atoms in total. The highest BCUT2D eigenvalue weighted by Gasteiger charge is 2.17. The van der Waals surface area contributed by atoms with E-state index in [2.05, 4.69) is 4.99 Å². The summed E-state index contributed by atoms with van der Waals surface area (Å²) in [5.41, 5.74) is 2.97. The van der Waals surface area contributed by atoms with Gasteiger partial charge in [-0.2, -0.15) is 0 Å². The van der Waals surface area contributed by atoms with Crippen molar-refractivity contribution in [2.45, 2.75) is 6.92 Å². The van der Waals surface area contributed by atoms with Crippen LogP contribution in [0.15, 0.2) is 77.8 Å². The summed E-state index contributed by atoms with van der Waals surface area (Å²) in [6.45, 7) is 4.49. The Morgan fingerprint density at radius 1 is 0.906 bits per heavy atom. The van der Waals surface area contributed by atoms with E-state index in [1.54, 1.807) is 11.1 Å². The van der Waals surface area contributed by atoms with Crippen molar-refractivity contribution >= 4 is 17.8 Å². The predicted molar refractivity (Wildman–Crippen MR) is 124 cm³/mol. The summed E-state index contributed by atoms with van der Waals surface area (Å²) >= 11 is 0. The van der Waals surface area contributed by atoms with Crippen molar-refractivity contribution in [2.24, 2.45) is 4.99 Å². The molecule has 164 valence electrons. The van der Waals surface area contributed by atoms with E-state index in [4.69, 9.17) is 14.2 Å². The molecule has 1 amide bonds. The molecule has 32 heavy (non-hydrogen) atoms. The molecule has 3 aromatic carbocycles. The zero-order valence-electron chi connectivity index (χ0n) is 18.1. The van der Waals surface area contributed by atoms with Crippen LogP contribution in [0.2, 0.25) is 0 Å². The van der Waals surface area contributed by atoms with Gasteiger partial charge in [-0.1, -0.05) is 17.7 Å². The SMILES string of the molecule is Cc1ccc(Oc2ccc(N=Cc3ccc(OCC(=O)N4CCOCC4)cc3)cc2)cc1. The largest absolute Gasteiger partial charge is 0.484 e. The minimum absolute atomic E-state index is 0.0197. The Morgan fingerprint density at radius 3 is 2.16 bits per heavy atom. The van der Waals surface area contributed by atoms with E-state index in [1.165, 1.54) is 5.56 Å². The maximum atomic E-state index is 12.2.